The van der Waals surface area contributed by atoms with Gasteiger partial charge < -0.3 is 5.32 Å². The van der Waals surface area contributed by atoms with Crippen LogP contribution in [0.3, 0.4) is 0 Å². The first-order chi connectivity index (χ1) is 10.1. The van der Waals surface area contributed by atoms with Crippen LogP contribution in [0.4, 0.5) is 0 Å². The fourth-order valence-electron chi connectivity index (χ4n) is 2.43. The second-order valence-electron chi connectivity index (χ2n) is 5.37. The summed E-state index contributed by atoms with van der Waals surface area (Å²) in [7, 11) is 0. The zero-order valence-electron chi connectivity index (χ0n) is 12.5. The molecule has 2 rings (SSSR count). The minimum Gasteiger partial charge on any atom is -0.310 e. The Morgan fingerprint density at radius 3 is 2.67 bits per heavy atom. The summed E-state index contributed by atoms with van der Waals surface area (Å²) < 4.78 is 0.942. The van der Waals surface area contributed by atoms with Crippen molar-refractivity contribution in [3.63, 3.8) is 0 Å². The van der Waals surface area contributed by atoms with Crippen molar-refractivity contribution < 1.29 is 0 Å². The highest BCUT2D eigenvalue weighted by Gasteiger charge is 2.13. The van der Waals surface area contributed by atoms with Crippen LogP contribution in [0.5, 0.6) is 0 Å². The molecule has 0 bridgehead atoms. The first kappa shape index (κ1) is 16.5. The van der Waals surface area contributed by atoms with Crippen molar-refractivity contribution in [1.29, 1.82) is 0 Å². The maximum Gasteiger partial charge on any atom is 0.0551 e. The van der Waals surface area contributed by atoms with Gasteiger partial charge in [-0.25, -0.2) is 0 Å². The van der Waals surface area contributed by atoms with Crippen LogP contribution in [0.25, 0.3) is 0 Å². The molecular weight excluding hydrogens is 346 g/mol. The van der Waals surface area contributed by atoms with E-state index in [1.807, 2.05) is 6.07 Å². The molecule has 1 unspecified atom stereocenters. The predicted octanol–water partition coefficient (Wildman–Crippen LogP) is 5.69. The summed E-state index contributed by atoms with van der Waals surface area (Å²) in [5.41, 5.74) is 3.89. The molecule has 21 heavy (non-hydrogen) atoms. The molecule has 0 aliphatic carbocycles. The van der Waals surface area contributed by atoms with Gasteiger partial charge in [0.25, 0.3) is 0 Å². The van der Waals surface area contributed by atoms with E-state index >= 15 is 0 Å². The average molecular weight is 367 g/mol. The van der Waals surface area contributed by atoms with Crippen LogP contribution in [0, 0.1) is 6.92 Å². The highest BCUT2D eigenvalue weighted by atomic mass is 79.9. The number of nitrogens with one attached hydrogen (secondary N) is 1. The Morgan fingerprint density at radius 2 is 2.00 bits per heavy atom. The minimum absolute atomic E-state index is 0.289. The van der Waals surface area contributed by atoms with Crippen molar-refractivity contribution in [3.8, 4) is 0 Å². The van der Waals surface area contributed by atoms with Gasteiger partial charge in [0.15, 0.2) is 0 Å². The van der Waals surface area contributed by atoms with Crippen LogP contribution in [0.1, 0.15) is 36.1 Å². The molecule has 2 aromatic carbocycles. The van der Waals surface area contributed by atoms with Crippen molar-refractivity contribution in [3.05, 3.63) is 68.7 Å². The molecule has 1 nitrogen and oxygen atoms in total. The van der Waals surface area contributed by atoms with Crippen molar-refractivity contribution in [2.45, 2.75) is 32.7 Å². The molecule has 0 spiro atoms. The molecule has 112 valence electrons. The first-order valence-electron chi connectivity index (χ1n) is 7.34. The largest absolute Gasteiger partial charge is 0.310 e. The molecule has 0 aliphatic rings. The maximum atomic E-state index is 6.25. The quantitative estimate of drug-likeness (QED) is 0.692. The lowest BCUT2D eigenvalue weighted by atomic mass is 9.98. The van der Waals surface area contributed by atoms with Gasteiger partial charge in [0.2, 0.25) is 0 Å². The summed E-state index contributed by atoms with van der Waals surface area (Å²) in [6, 6.07) is 15.2. The van der Waals surface area contributed by atoms with Crippen LogP contribution in [-0.2, 0) is 6.42 Å². The van der Waals surface area contributed by atoms with Crippen LogP contribution in [-0.4, -0.2) is 6.54 Å². The SMILES string of the molecule is CCCNC(Cc1cccc(C)c1)c1ccc(Br)c(Cl)c1. The van der Waals surface area contributed by atoms with Gasteiger partial charge in [-0.15, -0.1) is 0 Å². The molecular formula is C18H21BrClN. The number of benzene rings is 2. The molecule has 0 saturated carbocycles. The summed E-state index contributed by atoms with van der Waals surface area (Å²) in [6.07, 6.45) is 2.09. The van der Waals surface area contributed by atoms with E-state index in [2.05, 4.69) is 71.5 Å². The van der Waals surface area contributed by atoms with E-state index in [-0.39, 0.29) is 6.04 Å². The van der Waals surface area contributed by atoms with Crippen LogP contribution in [0.2, 0.25) is 5.02 Å². The number of rotatable bonds is 6. The lowest BCUT2D eigenvalue weighted by Gasteiger charge is -2.20. The van der Waals surface area contributed by atoms with E-state index in [4.69, 9.17) is 11.6 Å². The highest BCUT2D eigenvalue weighted by Crippen LogP contribution is 2.27. The average Bonchev–Trinajstić information content (AvgIpc) is 2.46. The van der Waals surface area contributed by atoms with Gasteiger partial charge in [0.1, 0.15) is 0 Å². The molecule has 0 aliphatic heterocycles. The molecule has 3 heteroatoms. The third-order valence-corrected chi connectivity index (χ3v) is 4.74. The zero-order chi connectivity index (χ0) is 15.2. The van der Waals surface area contributed by atoms with E-state index < -0.39 is 0 Å². The Kier molecular flexibility index (Phi) is 6.28. The van der Waals surface area contributed by atoms with E-state index in [1.165, 1.54) is 16.7 Å². The van der Waals surface area contributed by atoms with Gasteiger partial charge in [-0.2, -0.15) is 0 Å². The van der Waals surface area contributed by atoms with Gasteiger partial charge in [-0.05, 0) is 65.5 Å². The second-order valence-corrected chi connectivity index (χ2v) is 6.63. The number of hydrogen-bond donors (Lipinski definition) is 1. The number of halogens is 2. The normalized spacial score (nSPS) is 12.4. The Labute approximate surface area is 140 Å². The molecule has 0 fully saturated rings. The molecule has 1 atom stereocenters. The van der Waals surface area contributed by atoms with Gasteiger partial charge in [0, 0.05) is 10.5 Å². The van der Waals surface area contributed by atoms with E-state index in [1.54, 1.807) is 0 Å². The van der Waals surface area contributed by atoms with Crippen molar-refractivity contribution in [2.75, 3.05) is 6.54 Å². The van der Waals surface area contributed by atoms with Gasteiger partial charge in [-0.1, -0.05) is 54.4 Å². The van der Waals surface area contributed by atoms with Gasteiger partial charge in [-0.3, -0.25) is 0 Å². The molecule has 1 N–H and O–H groups in total. The van der Waals surface area contributed by atoms with Gasteiger partial charge in [0.05, 0.1) is 5.02 Å². The Balaban J connectivity index is 2.22. The second kappa shape index (κ2) is 7.98. The summed E-state index contributed by atoms with van der Waals surface area (Å²) in [5, 5.41) is 4.39. The third kappa shape index (κ3) is 4.84. The fourth-order valence-corrected chi connectivity index (χ4v) is 2.87. The van der Waals surface area contributed by atoms with Gasteiger partial charge >= 0.3 is 0 Å². The minimum atomic E-state index is 0.289. The lowest BCUT2D eigenvalue weighted by molar-refractivity contribution is 0.529. The van der Waals surface area contributed by atoms with Crippen molar-refractivity contribution in [1.82, 2.24) is 5.32 Å². The summed E-state index contributed by atoms with van der Waals surface area (Å²) in [4.78, 5) is 0. The van der Waals surface area contributed by atoms with Crippen LogP contribution in [0.15, 0.2) is 46.9 Å². The molecule has 0 radical (unpaired) electrons. The first-order valence-corrected chi connectivity index (χ1v) is 8.51. The number of aryl methyl sites for hydroxylation is 1. The molecule has 0 amide bonds. The summed E-state index contributed by atoms with van der Waals surface area (Å²) >= 11 is 9.70. The Hall–Kier alpha value is -0.830. The topological polar surface area (TPSA) is 12.0 Å². The molecule has 2 aromatic rings. The predicted molar refractivity (Wildman–Crippen MR) is 95.1 cm³/mol. The number of hydrogen-bond acceptors (Lipinski definition) is 1. The van der Waals surface area contributed by atoms with Crippen molar-refractivity contribution >= 4 is 27.5 Å². The fraction of sp³-hybridized carbons (Fsp3) is 0.333. The molecule has 0 heterocycles. The zero-order valence-corrected chi connectivity index (χ0v) is 14.8. The summed E-state index contributed by atoms with van der Waals surface area (Å²) in [6.45, 7) is 5.32. The Morgan fingerprint density at radius 1 is 1.19 bits per heavy atom. The van der Waals surface area contributed by atoms with Crippen LogP contribution < -0.4 is 5.32 Å². The van der Waals surface area contributed by atoms with E-state index in [0.29, 0.717) is 0 Å². The Bertz CT molecular complexity index is 598. The third-order valence-electron chi connectivity index (χ3n) is 3.51. The summed E-state index contributed by atoms with van der Waals surface area (Å²) in [5.74, 6) is 0. The highest BCUT2D eigenvalue weighted by molar-refractivity contribution is 9.10. The monoisotopic (exact) mass is 365 g/mol. The maximum absolute atomic E-state index is 6.25. The standard InChI is InChI=1S/C18H21BrClN/c1-3-9-21-18(11-14-6-4-5-13(2)10-14)15-7-8-16(19)17(20)12-15/h4-8,10,12,18,21H,3,9,11H2,1-2H3. The van der Waals surface area contributed by atoms with E-state index in [9.17, 15) is 0 Å². The van der Waals surface area contributed by atoms with E-state index in [0.717, 1.165) is 28.9 Å². The molecule has 0 saturated heterocycles. The van der Waals surface area contributed by atoms with Crippen molar-refractivity contribution in [2.24, 2.45) is 0 Å². The lowest BCUT2D eigenvalue weighted by Crippen LogP contribution is -2.24. The molecule has 0 aromatic heterocycles. The smallest absolute Gasteiger partial charge is 0.0551 e. The van der Waals surface area contributed by atoms with Crippen LogP contribution >= 0.6 is 27.5 Å².